The minimum absolute atomic E-state index is 0.167. The lowest BCUT2D eigenvalue weighted by atomic mass is 10.1. The maximum absolute atomic E-state index is 12.4. The normalized spacial score (nSPS) is 12.1. The highest BCUT2D eigenvalue weighted by Crippen LogP contribution is 2.21. The molecule has 0 aliphatic rings. The van der Waals surface area contributed by atoms with Crippen LogP contribution >= 0.6 is 0 Å². The van der Waals surface area contributed by atoms with Gasteiger partial charge in [-0.25, -0.2) is 0 Å². The molecule has 3 rings (SSSR count). The number of aromatic amines is 1. The first kappa shape index (κ1) is 17.6. The van der Waals surface area contributed by atoms with Gasteiger partial charge in [0.15, 0.2) is 5.82 Å². The summed E-state index contributed by atoms with van der Waals surface area (Å²) in [6.07, 6.45) is 0.539. The van der Waals surface area contributed by atoms with E-state index >= 15 is 0 Å². The van der Waals surface area contributed by atoms with Gasteiger partial charge in [-0.3, -0.25) is 9.89 Å². The molecule has 0 saturated heterocycles. The maximum atomic E-state index is 12.4. The third kappa shape index (κ3) is 4.06. The molecule has 1 amide bonds. The van der Waals surface area contributed by atoms with E-state index in [-0.39, 0.29) is 11.7 Å². The molecule has 9 nitrogen and oxygen atoms in total. The molecule has 0 saturated carbocycles. The van der Waals surface area contributed by atoms with Crippen LogP contribution in [0.2, 0.25) is 0 Å². The van der Waals surface area contributed by atoms with Crippen molar-refractivity contribution in [3.8, 4) is 17.0 Å². The van der Waals surface area contributed by atoms with Crippen molar-refractivity contribution in [3.63, 3.8) is 0 Å². The second-order valence-corrected chi connectivity index (χ2v) is 5.70. The van der Waals surface area contributed by atoms with E-state index in [9.17, 15) is 9.90 Å². The fourth-order valence-electron chi connectivity index (χ4n) is 2.29. The SMILES string of the molecule is COCCc1noc([C@@H](C)NC(=O)c2cc(-c3ccc(O)cc3)n[nH]2)n1. The number of methoxy groups -OCH3 is 1. The highest BCUT2D eigenvalue weighted by Gasteiger charge is 2.19. The molecule has 136 valence electrons. The van der Waals surface area contributed by atoms with Gasteiger partial charge in [0.2, 0.25) is 5.89 Å². The van der Waals surface area contributed by atoms with Crippen molar-refractivity contribution in [3.05, 3.63) is 47.7 Å². The minimum atomic E-state index is -0.452. The smallest absolute Gasteiger partial charge is 0.269 e. The predicted octanol–water partition coefficient (Wildman–Crippen LogP) is 1.85. The molecule has 1 atom stereocenters. The van der Waals surface area contributed by atoms with Crippen LogP contribution in [-0.4, -0.2) is 45.1 Å². The van der Waals surface area contributed by atoms with Crippen LogP contribution in [-0.2, 0) is 11.2 Å². The van der Waals surface area contributed by atoms with Gasteiger partial charge in [0, 0.05) is 19.1 Å². The summed E-state index contributed by atoms with van der Waals surface area (Å²) in [4.78, 5) is 16.6. The number of benzene rings is 1. The number of phenols is 1. The van der Waals surface area contributed by atoms with Crippen LogP contribution in [0.3, 0.4) is 0 Å². The molecule has 0 radical (unpaired) electrons. The quantitative estimate of drug-likeness (QED) is 0.589. The van der Waals surface area contributed by atoms with Crippen molar-refractivity contribution in [2.24, 2.45) is 0 Å². The molecule has 0 unspecified atom stereocenters. The van der Waals surface area contributed by atoms with Crippen molar-refractivity contribution in [2.75, 3.05) is 13.7 Å². The van der Waals surface area contributed by atoms with Gasteiger partial charge in [-0.05, 0) is 37.3 Å². The van der Waals surface area contributed by atoms with Crippen LogP contribution in [0.15, 0.2) is 34.9 Å². The lowest BCUT2D eigenvalue weighted by Gasteiger charge is -2.07. The fraction of sp³-hybridized carbons (Fsp3) is 0.294. The van der Waals surface area contributed by atoms with Crippen LogP contribution in [0.1, 0.15) is 35.2 Å². The molecule has 0 fully saturated rings. The first-order chi connectivity index (χ1) is 12.6. The second kappa shape index (κ2) is 7.79. The first-order valence-electron chi connectivity index (χ1n) is 8.04. The fourth-order valence-corrected chi connectivity index (χ4v) is 2.29. The summed E-state index contributed by atoms with van der Waals surface area (Å²) in [6.45, 7) is 2.25. The van der Waals surface area contributed by atoms with Crippen molar-refractivity contribution in [1.29, 1.82) is 0 Å². The Labute approximate surface area is 149 Å². The number of aromatic nitrogens is 4. The monoisotopic (exact) mass is 357 g/mol. The number of carbonyl (C=O) groups is 1. The standard InChI is InChI=1S/C17H19N5O4/c1-10(17-19-15(22-26-17)7-8-25-2)18-16(24)14-9-13(20-21-14)11-3-5-12(23)6-4-11/h3-6,9-10,23H,7-8H2,1-2H3,(H,18,24)(H,20,21)/t10-/m1/s1. The molecule has 0 aliphatic heterocycles. The number of hydrogen-bond acceptors (Lipinski definition) is 7. The third-order valence-corrected chi connectivity index (χ3v) is 3.72. The number of H-pyrrole nitrogens is 1. The lowest BCUT2D eigenvalue weighted by molar-refractivity contribution is 0.0927. The number of rotatable bonds is 7. The second-order valence-electron chi connectivity index (χ2n) is 5.70. The average Bonchev–Trinajstić information content (AvgIpc) is 3.30. The number of hydrogen-bond donors (Lipinski definition) is 3. The van der Waals surface area contributed by atoms with Crippen molar-refractivity contribution in [2.45, 2.75) is 19.4 Å². The van der Waals surface area contributed by atoms with Crippen molar-refractivity contribution < 1.29 is 19.2 Å². The Kier molecular flexibility index (Phi) is 5.28. The van der Waals surface area contributed by atoms with E-state index in [2.05, 4.69) is 25.7 Å². The van der Waals surface area contributed by atoms with E-state index in [4.69, 9.17) is 9.26 Å². The molecule has 2 aromatic heterocycles. The van der Waals surface area contributed by atoms with E-state index < -0.39 is 6.04 Å². The van der Waals surface area contributed by atoms with Gasteiger partial charge < -0.3 is 19.7 Å². The van der Waals surface area contributed by atoms with Crippen LogP contribution in [0, 0.1) is 0 Å². The summed E-state index contributed by atoms with van der Waals surface area (Å²) in [7, 11) is 1.60. The molecule has 1 aromatic carbocycles. The number of amides is 1. The molecule has 0 bridgehead atoms. The highest BCUT2D eigenvalue weighted by molar-refractivity contribution is 5.93. The Morgan fingerprint density at radius 1 is 1.38 bits per heavy atom. The zero-order valence-corrected chi connectivity index (χ0v) is 14.4. The minimum Gasteiger partial charge on any atom is -0.508 e. The number of nitrogens with zero attached hydrogens (tertiary/aromatic N) is 3. The van der Waals surface area contributed by atoms with Crippen molar-refractivity contribution >= 4 is 5.91 Å². The maximum Gasteiger partial charge on any atom is 0.269 e. The van der Waals surface area contributed by atoms with Crippen molar-refractivity contribution in [1.82, 2.24) is 25.7 Å². The molecule has 2 heterocycles. The number of phenolic OH excluding ortho intramolecular Hbond substituents is 1. The first-order valence-corrected chi connectivity index (χ1v) is 8.04. The molecule has 9 heteroatoms. The summed E-state index contributed by atoms with van der Waals surface area (Å²) in [6, 6.07) is 7.73. The average molecular weight is 357 g/mol. The Hall–Kier alpha value is -3.20. The molecule has 0 aliphatic carbocycles. The topological polar surface area (TPSA) is 126 Å². The van der Waals surface area contributed by atoms with Gasteiger partial charge in [-0.2, -0.15) is 10.1 Å². The van der Waals surface area contributed by atoms with Gasteiger partial charge >= 0.3 is 0 Å². The van der Waals surface area contributed by atoms with Crippen LogP contribution < -0.4 is 5.32 Å². The summed E-state index contributed by atoms with van der Waals surface area (Å²) in [5.74, 6) is 0.675. The van der Waals surface area contributed by atoms with Crippen LogP contribution in [0.25, 0.3) is 11.3 Å². The van der Waals surface area contributed by atoms with Gasteiger partial charge in [-0.15, -0.1) is 0 Å². The molecule has 3 N–H and O–H groups in total. The van der Waals surface area contributed by atoms with Crippen LogP contribution in [0.4, 0.5) is 0 Å². The lowest BCUT2D eigenvalue weighted by Crippen LogP contribution is -2.27. The van der Waals surface area contributed by atoms with E-state index in [1.165, 1.54) is 0 Å². The number of aromatic hydroxyl groups is 1. The molecule has 26 heavy (non-hydrogen) atoms. The summed E-state index contributed by atoms with van der Waals surface area (Å²) >= 11 is 0. The molecular formula is C17H19N5O4. The Morgan fingerprint density at radius 3 is 2.88 bits per heavy atom. The largest absolute Gasteiger partial charge is 0.508 e. The number of nitrogens with one attached hydrogen (secondary N) is 2. The predicted molar refractivity (Wildman–Crippen MR) is 91.4 cm³/mol. The number of ether oxygens (including phenoxy) is 1. The zero-order valence-electron chi connectivity index (χ0n) is 14.4. The summed E-state index contributed by atoms with van der Waals surface area (Å²) < 4.78 is 10.1. The zero-order chi connectivity index (χ0) is 18.5. The highest BCUT2D eigenvalue weighted by atomic mass is 16.5. The van der Waals surface area contributed by atoms with E-state index in [1.54, 1.807) is 44.4 Å². The molecular weight excluding hydrogens is 338 g/mol. The Morgan fingerprint density at radius 2 is 2.15 bits per heavy atom. The van der Waals surface area contributed by atoms with E-state index in [0.717, 1.165) is 5.56 Å². The van der Waals surface area contributed by atoms with Gasteiger partial charge in [0.05, 0.1) is 12.3 Å². The van der Waals surface area contributed by atoms with Gasteiger partial charge in [0.25, 0.3) is 5.91 Å². The summed E-state index contributed by atoms with van der Waals surface area (Å²) in [5.41, 5.74) is 1.69. The third-order valence-electron chi connectivity index (χ3n) is 3.72. The van der Waals surface area contributed by atoms with E-state index in [1.807, 2.05) is 0 Å². The molecule has 3 aromatic rings. The summed E-state index contributed by atoms with van der Waals surface area (Å²) in [5, 5.41) is 22.8. The van der Waals surface area contributed by atoms with Gasteiger partial charge in [0.1, 0.15) is 17.5 Å². The van der Waals surface area contributed by atoms with E-state index in [0.29, 0.717) is 36.1 Å². The Balaban J connectivity index is 1.64. The molecule has 0 spiro atoms. The van der Waals surface area contributed by atoms with Crippen LogP contribution in [0.5, 0.6) is 5.75 Å². The number of carbonyl (C=O) groups excluding carboxylic acids is 1. The Bertz CT molecular complexity index is 871. The van der Waals surface area contributed by atoms with Gasteiger partial charge in [-0.1, -0.05) is 5.16 Å².